The Bertz CT molecular complexity index is 1080. The lowest BCUT2D eigenvalue weighted by atomic mass is 9.59. The molecule has 0 saturated heterocycles. The molecular weight excluding hydrogens is 1360 g/mol. The first-order valence-corrected chi connectivity index (χ1v) is 20.7. The molecule has 2 aromatic carbocycles. The van der Waals surface area contributed by atoms with Crippen LogP contribution in [0.3, 0.4) is 0 Å². The summed E-state index contributed by atoms with van der Waals surface area (Å²) in [6.45, 7) is 0. The molecule has 188 valence electrons. The molecule has 0 amide bonds. The van der Waals surface area contributed by atoms with Gasteiger partial charge in [0, 0.05) is 50.1 Å². The van der Waals surface area contributed by atoms with Crippen LogP contribution in [0.5, 0.6) is 0 Å². The van der Waals surface area contributed by atoms with Crippen LogP contribution < -0.4 is 0 Å². The summed E-state index contributed by atoms with van der Waals surface area (Å²) in [5.41, 5.74) is 1.93. The van der Waals surface area contributed by atoms with Gasteiger partial charge >= 0.3 is 0 Å². The largest absolute Gasteiger partial charge is 0.0908 e. The molecule has 2 aromatic rings. The fourth-order valence-electron chi connectivity index (χ4n) is 4.56. The highest BCUT2D eigenvalue weighted by atomic mass is 79.9. The normalized spacial score (nSPS) is 22.5. The van der Waals surface area contributed by atoms with Gasteiger partial charge in [-0.05, 0) is 196 Å². The van der Waals surface area contributed by atoms with E-state index in [9.17, 15) is 0 Å². The second-order valence-electron chi connectivity index (χ2n) is 7.64. The summed E-state index contributed by atoms with van der Waals surface area (Å²) >= 11 is 54.4. The van der Waals surface area contributed by atoms with Gasteiger partial charge in [-0.1, -0.05) is 70.1 Å². The standard InChI is InChI=1S/C20H10Br14/c21-6(22)4-19(8-11(25)15(29)18(32)16(30)12(8)26)5(2-1-3-20(19,33)34)7-9(23)13(27)17(31)14(28)10(7)24/h5-6H,1-4H2. The third-order valence-corrected chi connectivity index (χ3v) is 21.1. The molecule has 2 unspecified atom stereocenters. The van der Waals surface area contributed by atoms with E-state index in [1.807, 2.05) is 0 Å². The summed E-state index contributed by atoms with van der Waals surface area (Å²) in [6.07, 6.45) is 3.79. The van der Waals surface area contributed by atoms with E-state index >= 15 is 0 Å². The van der Waals surface area contributed by atoms with Gasteiger partial charge in [0.25, 0.3) is 0 Å². The Morgan fingerprint density at radius 3 is 1.41 bits per heavy atom. The van der Waals surface area contributed by atoms with E-state index in [1.165, 1.54) is 5.56 Å². The first-order chi connectivity index (χ1) is 15.6. The Labute approximate surface area is 317 Å². The average Bonchev–Trinajstić information content (AvgIpc) is 2.76. The third-order valence-electron chi connectivity index (χ3n) is 5.96. The molecule has 34 heavy (non-hydrogen) atoms. The summed E-state index contributed by atoms with van der Waals surface area (Å²) in [4.78, 5) is 0. The first-order valence-electron chi connectivity index (χ1n) is 9.31. The number of rotatable bonds is 4. The van der Waals surface area contributed by atoms with Gasteiger partial charge in [0.05, 0.1) is 6.97 Å². The van der Waals surface area contributed by atoms with Gasteiger partial charge in [-0.15, -0.1) is 0 Å². The molecule has 0 spiro atoms. The van der Waals surface area contributed by atoms with E-state index in [0.717, 1.165) is 76.0 Å². The molecule has 0 bridgehead atoms. The molecular formula is C20H10Br14. The Morgan fingerprint density at radius 2 is 1.00 bits per heavy atom. The van der Waals surface area contributed by atoms with Crippen LogP contribution in [0.2, 0.25) is 0 Å². The van der Waals surface area contributed by atoms with E-state index in [-0.39, 0.29) is 9.65 Å². The fourth-order valence-corrected chi connectivity index (χ4v) is 14.8. The summed E-state index contributed by atoms with van der Waals surface area (Å²) in [5, 5.41) is 0. The van der Waals surface area contributed by atoms with Crippen LogP contribution in [0.4, 0.5) is 0 Å². The molecule has 0 aromatic heterocycles. The van der Waals surface area contributed by atoms with Crippen molar-refractivity contribution in [1.29, 1.82) is 0 Å². The van der Waals surface area contributed by atoms with E-state index in [2.05, 4.69) is 223 Å². The van der Waals surface area contributed by atoms with Crippen molar-refractivity contribution in [2.75, 3.05) is 0 Å². The number of halogens is 14. The van der Waals surface area contributed by atoms with Gasteiger partial charge in [-0.2, -0.15) is 0 Å². The van der Waals surface area contributed by atoms with Crippen molar-refractivity contribution >= 4 is 223 Å². The van der Waals surface area contributed by atoms with Crippen molar-refractivity contribution < 1.29 is 0 Å². The lowest BCUT2D eigenvalue weighted by Gasteiger charge is -2.55. The van der Waals surface area contributed by atoms with Crippen molar-refractivity contribution in [2.24, 2.45) is 0 Å². The highest BCUT2D eigenvalue weighted by Gasteiger charge is 2.59. The molecule has 14 heteroatoms. The van der Waals surface area contributed by atoms with E-state index < -0.39 is 8.65 Å². The maximum absolute atomic E-state index is 4.18. The van der Waals surface area contributed by atoms with Gasteiger partial charge in [0.2, 0.25) is 0 Å². The minimum atomic E-state index is -0.427. The Kier molecular flexibility index (Phi) is 13.1. The second-order valence-corrected chi connectivity index (χ2v) is 22.8. The van der Waals surface area contributed by atoms with Crippen LogP contribution in [0, 0.1) is 0 Å². The lowest BCUT2D eigenvalue weighted by Crippen LogP contribution is -2.52. The summed E-state index contributed by atoms with van der Waals surface area (Å²) in [7, 11) is 0. The number of hydrogen-bond donors (Lipinski definition) is 0. The molecule has 0 radical (unpaired) electrons. The van der Waals surface area contributed by atoms with E-state index in [1.54, 1.807) is 0 Å². The predicted molar refractivity (Wildman–Crippen MR) is 195 cm³/mol. The maximum atomic E-state index is 4.18. The number of alkyl halides is 4. The predicted octanol–water partition coefficient (Wildman–Crippen LogP) is 15.5. The second kappa shape index (κ2) is 13.2. The Hall–Kier alpha value is 5.16. The minimum Gasteiger partial charge on any atom is -0.0765 e. The zero-order chi connectivity index (χ0) is 25.9. The van der Waals surface area contributed by atoms with Crippen LogP contribution in [0.25, 0.3) is 0 Å². The van der Waals surface area contributed by atoms with Crippen molar-refractivity contribution in [3.05, 3.63) is 55.9 Å². The van der Waals surface area contributed by atoms with Gasteiger partial charge in [0.15, 0.2) is 0 Å². The molecule has 1 aliphatic rings. The van der Waals surface area contributed by atoms with Gasteiger partial charge in [-0.25, -0.2) is 0 Å². The first kappa shape index (κ1) is 33.7. The van der Waals surface area contributed by atoms with Crippen molar-refractivity contribution in [1.82, 2.24) is 0 Å². The van der Waals surface area contributed by atoms with E-state index in [0.29, 0.717) is 0 Å². The van der Waals surface area contributed by atoms with Gasteiger partial charge < -0.3 is 0 Å². The van der Waals surface area contributed by atoms with Crippen LogP contribution in [-0.2, 0) is 5.41 Å². The van der Waals surface area contributed by atoms with Gasteiger partial charge in [0.1, 0.15) is 0 Å². The summed E-state index contributed by atoms with van der Waals surface area (Å²) < 4.78 is 9.43. The zero-order valence-corrected chi connectivity index (χ0v) is 38.5. The molecule has 0 N–H and O–H groups in total. The third kappa shape index (κ3) is 5.98. The van der Waals surface area contributed by atoms with E-state index in [4.69, 9.17) is 0 Å². The SMILES string of the molecule is Brc1c(Br)c(Br)c(C2CCCC(Br)(Br)C2(CC(Br)Br)c2c(Br)c(Br)c(Br)c(Br)c2Br)c(Br)c1Br. The van der Waals surface area contributed by atoms with Crippen LogP contribution in [0.1, 0.15) is 42.7 Å². The number of benzene rings is 2. The molecule has 1 aliphatic carbocycles. The molecule has 2 atom stereocenters. The van der Waals surface area contributed by atoms with Crippen LogP contribution in [-0.4, -0.2) is 6.97 Å². The van der Waals surface area contributed by atoms with Crippen molar-refractivity contribution in [2.45, 2.75) is 44.0 Å². The lowest BCUT2D eigenvalue weighted by molar-refractivity contribution is 0.234. The molecule has 1 saturated carbocycles. The monoisotopic (exact) mass is 1350 g/mol. The van der Waals surface area contributed by atoms with Crippen molar-refractivity contribution in [3.8, 4) is 0 Å². The summed E-state index contributed by atoms with van der Waals surface area (Å²) in [6, 6.07) is 0. The minimum absolute atomic E-state index is 0.0648. The Balaban J connectivity index is 2.56. The zero-order valence-electron chi connectivity index (χ0n) is 16.3. The molecule has 0 heterocycles. The smallest absolute Gasteiger partial charge is 0.0765 e. The molecule has 1 fully saturated rings. The topological polar surface area (TPSA) is 0 Å². The summed E-state index contributed by atoms with van der Waals surface area (Å²) in [5.74, 6) is 0.106. The van der Waals surface area contributed by atoms with Crippen molar-refractivity contribution in [3.63, 3.8) is 0 Å². The van der Waals surface area contributed by atoms with Gasteiger partial charge in [-0.3, -0.25) is 0 Å². The molecule has 3 rings (SSSR count). The average molecular weight is 1370 g/mol. The maximum Gasteiger partial charge on any atom is 0.0908 e. The fraction of sp³-hybridized carbons (Fsp3) is 0.400. The van der Waals surface area contributed by atoms with Crippen LogP contribution in [0.15, 0.2) is 44.7 Å². The molecule has 0 nitrogen and oxygen atoms in total. The Morgan fingerprint density at radius 1 is 0.618 bits per heavy atom. The quantitative estimate of drug-likeness (QED) is 0.163. The van der Waals surface area contributed by atoms with Crippen LogP contribution >= 0.6 is 223 Å². The molecule has 0 aliphatic heterocycles. The highest BCUT2D eigenvalue weighted by molar-refractivity contribution is 9.25. The number of hydrogen-bond acceptors (Lipinski definition) is 0. The highest BCUT2D eigenvalue weighted by Crippen LogP contribution is 2.68.